The van der Waals surface area contributed by atoms with E-state index in [1.807, 2.05) is 6.07 Å². The van der Waals surface area contributed by atoms with Gasteiger partial charge in [0.1, 0.15) is 11.3 Å². The molecular formula is C15H18N2O2S. The lowest BCUT2D eigenvalue weighted by atomic mass is 9.83. The number of hydrogen-bond donors (Lipinski definition) is 2. The van der Waals surface area contributed by atoms with Gasteiger partial charge in [0.15, 0.2) is 0 Å². The van der Waals surface area contributed by atoms with Crippen LogP contribution in [0, 0.1) is 11.3 Å². The van der Waals surface area contributed by atoms with Gasteiger partial charge in [-0.05, 0) is 25.0 Å². The molecule has 1 saturated carbocycles. The van der Waals surface area contributed by atoms with E-state index in [9.17, 15) is 15.2 Å². The molecule has 0 atom stereocenters. The zero-order valence-corrected chi connectivity index (χ0v) is 12.1. The second-order valence-electron chi connectivity index (χ2n) is 5.06. The third-order valence-corrected chi connectivity index (χ3v) is 4.59. The highest BCUT2D eigenvalue weighted by atomic mass is 32.2. The Balaban J connectivity index is 1.89. The zero-order valence-electron chi connectivity index (χ0n) is 11.3. The quantitative estimate of drug-likeness (QED) is 0.836. The molecule has 5 heteroatoms. The molecule has 0 unspecified atom stereocenters. The minimum Gasteiger partial charge on any atom is -0.507 e. The van der Waals surface area contributed by atoms with Crippen molar-refractivity contribution >= 4 is 17.7 Å². The van der Waals surface area contributed by atoms with E-state index in [0.29, 0.717) is 4.90 Å². The molecule has 4 nitrogen and oxygen atoms in total. The van der Waals surface area contributed by atoms with Crippen molar-refractivity contribution in [3.8, 4) is 11.8 Å². The number of thioether (sulfide) groups is 1. The molecule has 1 aromatic carbocycles. The maximum Gasteiger partial charge on any atom is 0.231 e. The number of hydrogen-bond acceptors (Lipinski definition) is 4. The lowest BCUT2D eigenvalue weighted by Gasteiger charge is -2.31. The van der Waals surface area contributed by atoms with Gasteiger partial charge in [-0.15, -0.1) is 11.8 Å². The van der Waals surface area contributed by atoms with Gasteiger partial charge < -0.3 is 10.4 Å². The van der Waals surface area contributed by atoms with Gasteiger partial charge in [0.05, 0.1) is 11.8 Å². The molecule has 106 valence electrons. The first-order chi connectivity index (χ1) is 9.65. The summed E-state index contributed by atoms with van der Waals surface area (Å²) in [4.78, 5) is 12.7. The Labute approximate surface area is 123 Å². The molecule has 0 spiro atoms. The average molecular weight is 290 g/mol. The summed E-state index contributed by atoms with van der Waals surface area (Å²) in [5, 5.41) is 21.8. The van der Waals surface area contributed by atoms with E-state index in [1.165, 1.54) is 11.8 Å². The van der Waals surface area contributed by atoms with E-state index in [4.69, 9.17) is 0 Å². The Bertz CT molecular complexity index is 519. The van der Waals surface area contributed by atoms with E-state index in [0.717, 1.165) is 32.1 Å². The number of aromatic hydroxyl groups is 1. The molecule has 0 saturated heterocycles. The van der Waals surface area contributed by atoms with Crippen LogP contribution < -0.4 is 5.32 Å². The van der Waals surface area contributed by atoms with Crippen molar-refractivity contribution in [3.05, 3.63) is 24.3 Å². The highest BCUT2D eigenvalue weighted by molar-refractivity contribution is 8.00. The summed E-state index contributed by atoms with van der Waals surface area (Å²) in [7, 11) is 0. The Morgan fingerprint density at radius 3 is 2.70 bits per heavy atom. The third kappa shape index (κ3) is 3.67. The minimum atomic E-state index is -0.686. The average Bonchev–Trinajstić information content (AvgIpc) is 2.47. The molecular weight excluding hydrogens is 272 g/mol. The fourth-order valence-corrected chi connectivity index (χ4v) is 3.20. The van der Waals surface area contributed by atoms with Crippen LogP contribution in [0.5, 0.6) is 5.75 Å². The Kier molecular flexibility index (Phi) is 4.91. The predicted molar refractivity (Wildman–Crippen MR) is 78.4 cm³/mol. The second-order valence-corrected chi connectivity index (χ2v) is 6.08. The van der Waals surface area contributed by atoms with Crippen LogP contribution in [0.3, 0.4) is 0 Å². The number of carbonyl (C=O) groups is 1. The number of benzene rings is 1. The van der Waals surface area contributed by atoms with Gasteiger partial charge >= 0.3 is 0 Å². The normalized spacial score (nSPS) is 17.1. The lowest BCUT2D eigenvalue weighted by Crippen LogP contribution is -2.49. The molecule has 0 aromatic heterocycles. The van der Waals surface area contributed by atoms with Crippen LogP contribution >= 0.6 is 11.8 Å². The highest BCUT2D eigenvalue weighted by Gasteiger charge is 2.33. The Hall–Kier alpha value is -1.67. The molecule has 1 aromatic rings. The largest absolute Gasteiger partial charge is 0.507 e. The number of amides is 1. The number of nitrogens with one attached hydrogen (secondary N) is 1. The second kappa shape index (κ2) is 6.67. The van der Waals surface area contributed by atoms with E-state index in [2.05, 4.69) is 11.4 Å². The smallest absolute Gasteiger partial charge is 0.231 e. The van der Waals surface area contributed by atoms with Gasteiger partial charge in [-0.3, -0.25) is 4.79 Å². The van der Waals surface area contributed by atoms with Crippen molar-refractivity contribution in [2.75, 3.05) is 5.75 Å². The molecule has 0 aliphatic heterocycles. The molecule has 2 rings (SSSR count). The third-order valence-electron chi connectivity index (χ3n) is 3.52. The monoisotopic (exact) mass is 290 g/mol. The summed E-state index contributed by atoms with van der Waals surface area (Å²) in [6.45, 7) is 0. The first-order valence-electron chi connectivity index (χ1n) is 6.78. The summed E-state index contributed by atoms with van der Waals surface area (Å²) in [6, 6.07) is 9.19. The van der Waals surface area contributed by atoms with Crippen LogP contribution in [0.25, 0.3) is 0 Å². The van der Waals surface area contributed by atoms with Crippen LogP contribution in [-0.2, 0) is 4.79 Å². The predicted octanol–water partition coefficient (Wildman–Crippen LogP) is 2.83. The van der Waals surface area contributed by atoms with Crippen LogP contribution in [0.1, 0.15) is 32.1 Å². The van der Waals surface area contributed by atoms with Crippen molar-refractivity contribution in [1.82, 2.24) is 5.32 Å². The fraction of sp³-hybridized carbons (Fsp3) is 0.467. The number of nitrogens with zero attached hydrogens (tertiary/aromatic N) is 1. The number of carbonyl (C=O) groups excluding carboxylic acids is 1. The van der Waals surface area contributed by atoms with Crippen LogP contribution in [0.4, 0.5) is 0 Å². The number of rotatable bonds is 4. The summed E-state index contributed by atoms with van der Waals surface area (Å²) in [6.07, 6.45) is 4.57. The van der Waals surface area contributed by atoms with E-state index in [1.54, 1.807) is 18.2 Å². The van der Waals surface area contributed by atoms with E-state index >= 15 is 0 Å². The first-order valence-corrected chi connectivity index (χ1v) is 7.77. The molecule has 0 heterocycles. The molecule has 1 aliphatic rings. The molecule has 1 aliphatic carbocycles. The van der Waals surface area contributed by atoms with Gasteiger partial charge in [-0.25, -0.2) is 0 Å². The van der Waals surface area contributed by atoms with Crippen molar-refractivity contribution in [3.63, 3.8) is 0 Å². The highest BCUT2D eigenvalue weighted by Crippen LogP contribution is 2.29. The van der Waals surface area contributed by atoms with Crippen LogP contribution in [0.2, 0.25) is 0 Å². The standard InChI is InChI=1S/C15H18N2O2S/c16-11-15(8-4-1-5-9-15)17-14(19)10-20-13-7-3-2-6-12(13)18/h2-3,6-7,18H,1,4-5,8-10H2,(H,17,19). The number of nitriles is 1. The van der Waals surface area contributed by atoms with Gasteiger partial charge in [-0.1, -0.05) is 31.4 Å². The first kappa shape index (κ1) is 14.7. The molecule has 0 bridgehead atoms. The Morgan fingerprint density at radius 2 is 2.05 bits per heavy atom. The SMILES string of the molecule is N#CC1(NC(=O)CSc2ccccc2O)CCCCC1. The summed E-state index contributed by atoms with van der Waals surface area (Å²) >= 11 is 1.28. The number of phenolic OH excluding ortho intramolecular Hbond substituents is 1. The van der Waals surface area contributed by atoms with Crippen LogP contribution in [-0.4, -0.2) is 22.3 Å². The van der Waals surface area contributed by atoms with Gasteiger partial charge in [-0.2, -0.15) is 5.26 Å². The Morgan fingerprint density at radius 1 is 1.35 bits per heavy atom. The number of para-hydroxylation sites is 1. The minimum absolute atomic E-state index is 0.151. The molecule has 1 amide bonds. The topological polar surface area (TPSA) is 73.1 Å². The van der Waals surface area contributed by atoms with Gasteiger partial charge in [0, 0.05) is 4.90 Å². The van der Waals surface area contributed by atoms with Crippen molar-refractivity contribution in [2.45, 2.75) is 42.5 Å². The molecule has 0 radical (unpaired) electrons. The van der Waals surface area contributed by atoms with Gasteiger partial charge in [0.25, 0.3) is 0 Å². The van der Waals surface area contributed by atoms with E-state index in [-0.39, 0.29) is 17.4 Å². The fourth-order valence-electron chi connectivity index (χ4n) is 2.45. The van der Waals surface area contributed by atoms with Crippen LogP contribution in [0.15, 0.2) is 29.2 Å². The molecule has 20 heavy (non-hydrogen) atoms. The lowest BCUT2D eigenvalue weighted by molar-refractivity contribution is -0.120. The zero-order chi connectivity index (χ0) is 14.4. The van der Waals surface area contributed by atoms with Crippen molar-refractivity contribution in [2.24, 2.45) is 0 Å². The van der Waals surface area contributed by atoms with Gasteiger partial charge in [0.2, 0.25) is 5.91 Å². The summed E-state index contributed by atoms with van der Waals surface area (Å²) in [5.74, 6) is 0.237. The van der Waals surface area contributed by atoms with E-state index < -0.39 is 5.54 Å². The van der Waals surface area contributed by atoms with Crippen molar-refractivity contribution < 1.29 is 9.90 Å². The summed E-state index contributed by atoms with van der Waals surface area (Å²) < 4.78 is 0. The van der Waals surface area contributed by atoms with Crippen molar-refractivity contribution in [1.29, 1.82) is 5.26 Å². The number of phenols is 1. The summed E-state index contributed by atoms with van der Waals surface area (Å²) in [5.41, 5.74) is -0.686. The maximum atomic E-state index is 12.0. The maximum absolute atomic E-state index is 12.0. The molecule has 2 N–H and O–H groups in total. The molecule has 1 fully saturated rings.